The van der Waals surface area contributed by atoms with Gasteiger partial charge in [-0.3, -0.25) is 4.79 Å². The first-order valence-corrected chi connectivity index (χ1v) is 15.3. The van der Waals surface area contributed by atoms with Crippen LogP contribution >= 0.6 is 11.6 Å². The van der Waals surface area contributed by atoms with E-state index >= 15 is 0 Å². The van der Waals surface area contributed by atoms with E-state index in [1.165, 1.54) is 0 Å². The van der Waals surface area contributed by atoms with Gasteiger partial charge in [0.15, 0.2) is 0 Å². The standard InChI is InChI=1S/C32H38ClN7O3/c1-31(2)28(32(3,4)29(31)43-24-6-5-20(15-34)25(33)14-24)38-27(42)21-16-36-30(37-17-21)39-10-7-19(8-11-39)26-35-18-22-13-23(41)9-12-40(22)26/h5-6,14,16-19,23,28-29,41H,7-13H2,1-4H3,(H,38,42). The number of halogens is 1. The van der Waals surface area contributed by atoms with Crippen molar-refractivity contribution in [2.24, 2.45) is 10.8 Å². The maximum absolute atomic E-state index is 13.3. The van der Waals surface area contributed by atoms with Crippen molar-refractivity contribution in [3.63, 3.8) is 0 Å². The van der Waals surface area contributed by atoms with E-state index in [1.54, 1.807) is 30.6 Å². The van der Waals surface area contributed by atoms with Crippen molar-refractivity contribution in [2.45, 2.75) is 84.1 Å². The lowest BCUT2D eigenvalue weighted by molar-refractivity contribution is -0.164. The van der Waals surface area contributed by atoms with Crippen molar-refractivity contribution in [2.75, 3.05) is 18.0 Å². The van der Waals surface area contributed by atoms with Crippen LogP contribution in [-0.2, 0) is 13.0 Å². The number of fused-ring (bicyclic) bond motifs is 1. The van der Waals surface area contributed by atoms with Crippen LogP contribution in [0.15, 0.2) is 36.8 Å². The molecule has 2 N–H and O–H groups in total. The molecule has 3 aromatic rings. The van der Waals surface area contributed by atoms with Gasteiger partial charge in [0.2, 0.25) is 5.95 Å². The third-order valence-electron chi connectivity index (χ3n) is 9.57. The van der Waals surface area contributed by atoms with E-state index in [0.29, 0.717) is 40.2 Å². The van der Waals surface area contributed by atoms with Crippen molar-refractivity contribution in [1.82, 2.24) is 24.8 Å². The van der Waals surface area contributed by atoms with Gasteiger partial charge < -0.3 is 24.6 Å². The second kappa shape index (κ2) is 11.1. The number of nitrogens with one attached hydrogen (secondary N) is 1. The van der Waals surface area contributed by atoms with Gasteiger partial charge in [-0.15, -0.1) is 0 Å². The third-order valence-corrected chi connectivity index (χ3v) is 9.89. The molecule has 0 spiro atoms. The Labute approximate surface area is 257 Å². The fraction of sp³-hybridized carbons (Fsp3) is 0.531. The number of aliphatic hydroxyl groups excluding tert-OH is 1. The number of hydrogen-bond donors (Lipinski definition) is 2. The Morgan fingerprint density at radius 2 is 1.77 bits per heavy atom. The van der Waals surface area contributed by atoms with E-state index in [2.05, 4.69) is 58.5 Å². The molecular weight excluding hydrogens is 566 g/mol. The number of rotatable bonds is 6. The maximum atomic E-state index is 13.3. The Kier molecular flexibility index (Phi) is 7.59. The van der Waals surface area contributed by atoms with E-state index in [9.17, 15) is 9.90 Å². The van der Waals surface area contributed by atoms with Gasteiger partial charge in [0.05, 0.1) is 22.3 Å². The van der Waals surface area contributed by atoms with Gasteiger partial charge in [-0.05, 0) is 31.4 Å². The second-order valence-electron chi connectivity index (χ2n) is 13.2. The smallest absolute Gasteiger partial charge is 0.254 e. The number of anilines is 1. The number of aromatic nitrogens is 4. The van der Waals surface area contributed by atoms with Crippen LogP contribution in [0.5, 0.6) is 5.75 Å². The molecule has 2 aliphatic heterocycles. The van der Waals surface area contributed by atoms with Gasteiger partial charge >= 0.3 is 0 Å². The summed E-state index contributed by atoms with van der Waals surface area (Å²) in [5, 5.41) is 22.7. The normalized spacial score (nSPS) is 24.4. The fourth-order valence-electron chi connectivity index (χ4n) is 7.55. The lowest BCUT2D eigenvalue weighted by Crippen LogP contribution is -2.74. The Bertz CT molecular complexity index is 1540. The Morgan fingerprint density at radius 3 is 2.42 bits per heavy atom. The Hall–Kier alpha value is -3.68. The molecule has 1 atom stereocenters. The molecule has 1 aliphatic carbocycles. The molecule has 1 unspecified atom stereocenters. The number of aliphatic hydroxyl groups is 1. The van der Waals surface area contributed by atoms with Crippen LogP contribution in [-0.4, -0.2) is 61.9 Å². The predicted molar refractivity (Wildman–Crippen MR) is 162 cm³/mol. The quantitative estimate of drug-likeness (QED) is 0.421. The van der Waals surface area contributed by atoms with Crippen LogP contribution in [0.2, 0.25) is 5.02 Å². The van der Waals surface area contributed by atoms with Gasteiger partial charge in [-0.1, -0.05) is 39.3 Å². The van der Waals surface area contributed by atoms with Crippen LogP contribution in [0.3, 0.4) is 0 Å². The maximum Gasteiger partial charge on any atom is 0.254 e. The predicted octanol–water partition coefficient (Wildman–Crippen LogP) is 4.50. The molecule has 10 nitrogen and oxygen atoms in total. The SMILES string of the molecule is CC1(C)C(NC(=O)c2cnc(N3CCC(c4ncc5n4CCC(O)C5)CC3)nc2)C(C)(C)C1Oc1ccc(C#N)c(Cl)c1. The average Bonchev–Trinajstić information content (AvgIpc) is 3.41. The highest BCUT2D eigenvalue weighted by atomic mass is 35.5. The summed E-state index contributed by atoms with van der Waals surface area (Å²) in [5.41, 5.74) is 1.22. The molecule has 0 bridgehead atoms. The molecule has 1 amide bonds. The second-order valence-corrected chi connectivity index (χ2v) is 13.6. The number of imidazole rings is 1. The van der Waals surface area contributed by atoms with E-state index in [4.69, 9.17) is 26.6 Å². The van der Waals surface area contributed by atoms with Gasteiger partial charge in [-0.25, -0.2) is 15.0 Å². The minimum atomic E-state index is -0.363. The van der Waals surface area contributed by atoms with Crippen LogP contribution in [0.1, 0.15) is 80.3 Å². The zero-order valence-electron chi connectivity index (χ0n) is 25.0. The Morgan fingerprint density at radius 1 is 1.07 bits per heavy atom. The minimum Gasteiger partial charge on any atom is -0.489 e. The summed E-state index contributed by atoms with van der Waals surface area (Å²) in [6.07, 6.45) is 8.04. The van der Waals surface area contributed by atoms with Crippen molar-refractivity contribution in [3.05, 3.63) is 64.5 Å². The number of piperidine rings is 1. The summed E-state index contributed by atoms with van der Waals surface area (Å²) < 4.78 is 8.62. The molecule has 11 heteroatoms. The number of amides is 1. The lowest BCUT2D eigenvalue weighted by atomic mass is 9.49. The summed E-state index contributed by atoms with van der Waals surface area (Å²) in [7, 11) is 0. The highest BCUT2D eigenvalue weighted by molar-refractivity contribution is 6.31. The summed E-state index contributed by atoms with van der Waals surface area (Å²) in [6, 6.07) is 6.98. The zero-order chi connectivity index (χ0) is 30.5. The zero-order valence-corrected chi connectivity index (χ0v) is 25.8. The van der Waals surface area contributed by atoms with E-state index < -0.39 is 0 Å². The molecule has 1 aromatic carbocycles. The molecular formula is C32H38ClN7O3. The van der Waals surface area contributed by atoms with Crippen molar-refractivity contribution in [3.8, 4) is 11.8 Å². The number of carbonyl (C=O) groups is 1. The van der Waals surface area contributed by atoms with Crippen molar-refractivity contribution < 1.29 is 14.6 Å². The number of carbonyl (C=O) groups excluding carboxylic acids is 1. The highest BCUT2D eigenvalue weighted by Gasteiger charge is 2.64. The monoisotopic (exact) mass is 603 g/mol. The number of ether oxygens (including phenoxy) is 1. The number of hydrogen-bond acceptors (Lipinski definition) is 8. The van der Waals surface area contributed by atoms with E-state index in [0.717, 1.165) is 50.4 Å². The fourth-order valence-corrected chi connectivity index (χ4v) is 7.76. The largest absolute Gasteiger partial charge is 0.489 e. The van der Waals surface area contributed by atoms with Crippen molar-refractivity contribution >= 4 is 23.5 Å². The minimum absolute atomic E-state index is 0.151. The molecule has 6 rings (SSSR count). The van der Waals surface area contributed by atoms with Crippen LogP contribution in [0.4, 0.5) is 5.95 Å². The average molecular weight is 604 g/mol. The number of benzene rings is 1. The molecule has 43 heavy (non-hydrogen) atoms. The van der Waals surface area contributed by atoms with Crippen LogP contribution in [0.25, 0.3) is 0 Å². The summed E-state index contributed by atoms with van der Waals surface area (Å²) >= 11 is 6.21. The van der Waals surface area contributed by atoms with Crippen LogP contribution < -0.4 is 15.0 Å². The van der Waals surface area contributed by atoms with Gasteiger partial charge in [0, 0.05) is 79.2 Å². The molecule has 0 radical (unpaired) electrons. The molecule has 226 valence electrons. The molecule has 1 saturated heterocycles. The highest BCUT2D eigenvalue weighted by Crippen LogP contribution is 2.55. The van der Waals surface area contributed by atoms with Gasteiger partial charge in [0.1, 0.15) is 23.7 Å². The molecule has 4 heterocycles. The summed E-state index contributed by atoms with van der Waals surface area (Å²) in [4.78, 5) is 29.3. The molecule has 3 aliphatic rings. The van der Waals surface area contributed by atoms with E-state index in [-0.39, 0.29) is 35.0 Å². The first-order chi connectivity index (χ1) is 20.5. The summed E-state index contributed by atoms with van der Waals surface area (Å²) in [6.45, 7) is 10.8. The number of nitriles is 1. The van der Waals surface area contributed by atoms with Crippen LogP contribution in [0, 0.1) is 22.2 Å². The van der Waals surface area contributed by atoms with Crippen molar-refractivity contribution in [1.29, 1.82) is 5.26 Å². The first-order valence-electron chi connectivity index (χ1n) is 15.0. The van der Waals surface area contributed by atoms with E-state index in [1.807, 2.05) is 6.20 Å². The molecule has 2 aromatic heterocycles. The topological polar surface area (TPSA) is 129 Å². The summed E-state index contributed by atoms with van der Waals surface area (Å²) in [5.74, 6) is 2.51. The first kappa shape index (κ1) is 29.4. The third kappa shape index (κ3) is 5.34. The molecule has 2 fully saturated rings. The van der Waals surface area contributed by atoms with Gasteiger partial charge in [-0.2, -0.15) is 5.26 Å². The van der Waals surface area contributed by atoms with Gasteiger partial charge in [0.25, 0.3) is 5.91 Å². The lowest BCUT2D eigenvalue weighted by Gasteiger charge is -2.63. The Balaban J connectivity index is 1.05. The molecule has 1 saturated carbocycles. The number of nitrogens with zero attached hydrogens (tertiary/aromatic N) is 6.